The number of para-hydroxylation sites is 1. The maximum atomic E-state index is 13.2. The van der Waals surface area contributed by atoms with Crippen LogP contribution in [0, 0.1) is 0 Å². The van der Waals surface area contributed by atoms with Crippen LogP contribution in [0.4, 0.5) is 5.69 Å². The molecule has 2 aromatic rings. The molecule has 0 radical (unpaired) electrons. The average Bonchev–Trinajstić information content (AvgIpc) is 3.36. The summed E-state index contributed by atoms with van der Waals surface area (Å²) in [5.74, 6) is 0.989. The van der Waals surface area contributed by atoms with E-state index in [-0.39, 0.29) is 28.7 Å². The Bertz CT molecular complexity index is 1100. The number of hydrogen-bond acceptors (Lipinski definition) is 5. The molecule has 2 aromatic carbocycles. The first kappa shape index (κ1) is 34.9. The number of halogens is 1. The van der Waals surface area contributed by atoms with Gasteiger partial charge in [-0.2, -0.15) is 0 Å². The molecule has 0 atom stereocenters. The molecule has 7 heteroatoms. The van der Waals surface area contributed by atoms with E-state index in [1.165, 1.54) is 82.4 Å². The summed E-state index contributed by atoms with van der Waals surface area (Å²) in [4.78, 5) is 27.9. The first-order chi connectivity index (χ1) is 19.5. The zero-order chi connectivity index (χ0) is 28.6. The molecular weight excluding hydrogens is 596 g/mol. The molecule has 1 amide bonds. The summed E-state index contributed by atoms with van der Waals surface area (Å²) >= 11 is 1.81. The molecular formula is C34H49BrN2O3S. The molecule has 1 aliphatic rings. The van der Waals surface area contributed by atoms with Gasteiger partial charge in [-0.15, -0.1) is 28.7 Å². The SMILES string of the molecule is Br.CCCCCCCCCCCCCCOc1c(C(C)=O)cccc1C(=O)Nc1ccc(CN2CSC=C2C)cc1. The lowest BCUT2D eigenvalue weighted by molar-refractivity contribution is 0.101. The summed E-state index contributed by atoms with van der Waals surface area (Å²) in [5.41, 5.74) is 4.04. The molecule has 0 bridgehead atoms. The van der Waals surface area contributed by atoms with Crippen molar-refractivity contribution < 1.29 is 14.3 Å². The Morgan fingerprint density at radius 3 is 2.00 bits per heavy atom. The summed E-state index contributed by atoms with van der Waals surface area (Å²) in [6.07, 6.45) is 15.3. The van der Waals surface area contributed by atoms with E-state index in [0.29, 0.717) is 23.5 Å². The van der Waals surface area contributed by atoms with Crippen molar-refractivity contribution in [3.63, 3.8) is 0 Å². The highest BCUT2D eigenvalue weighted by molar-refractivity contribution is 8.93. The average molecular weight is 646 g/mol. The third kappa shape index (κ3) is 12.3. The number of nitrogens with one attached hydrogen (secondary N) is 1. The predicted molar refractivity (Wildman–Crippen MR) is 179 cm³/mol. The van der Waals surface area contributed by atoms with Crippen molar-refractivity contribution in [2.75, 3.05) is 17.8 Å². The van der Waals surface area contributed by atoms with Gasteiger partial charge in [0.2, 0.25) is 0 Å². The molecule has 0 spiro atoms. The third-order valence-electron chi connectivity index (χ3n) is 7.45. The molecule has 41 heavy (non-hydrogen) atoms. The van der Waals surface area contributed by atoms with Gasteiger partial charge in [0.15, 0.2) is 5.78 Å². The number of anilines is 1. The van der Waals surface area contributed by atoms with Crippen LogP contribution < -0.4 is 10.1 Å². The number of carbonyl (C=O) groups excluding carboxylic acids is 2. The Morgan fingerprint density at radius 2 is 1.44 bits per heavy atom. The van der Waals surface area contributed by atoms with Crippen LogP contribution in [-0.4, -0.2) is 29.1 Å². The van der Waals surface area contributed by atoms with E-state index in [1.54, 1.807) is 18.2 Å². The van der Waals surface area contributed by atoms with Gasteiger partial charge in [0.05, 0.1) is 23.6 Å². The van der Waals surface area contributed by atoms with Gasteiger partial charge < -0.3 is 15.0 Å². The largest absolute Gasteiger partial charge is 0.492 e. The minimum Gasteiger partial charge on any atom is -0.492 e. The molecule has 226 valence electrons. The minimum absolute atomic E-state index is 0. The number of benzene rings is 2. The number of allylic oxidation sites excluding steroid dienone is 1. The van der Waals surface area contributed by atoms with Crippen LogP contribution >= 0.6 is 28.7 Å². The molecule has 3 rings (SSSR count). The Balaban J connectivity index is 0.00000588. The molecule has 1 heterocycles. The van der Waals surface area contributed by atoms with E-state index < -0.39 is 0 Å². The second-order valence-corrected chi connectivity index (χ2v) is 11.7. The van der Waals surface area contributed by atoms with Crippen LogP contribution in [0.25, 0.3) is 0 Å². The molecule has 0 unspecified atom stereocenters. The van der Waals surface area contributed by atoms with E-state index >= 15 is 0 Å². The van der Waals surface area contributed by atoms with Gasteiger partial charge in [-0.25, -0.2) is 0 Å². The standard InChI is InChI=1S/C34H48N2O3S.BrH/c1-4-5-6-7-8-9-10-11-12-13-14-15-23-39-33-31(28(3)37)17-16-18-32(33)34(38)35-30-21-19-29(20-22-30)24-36-26-40-25-27(36)2;/h16-22,25H,4-15,23-24,26H2,1-3H3,(H,35,38);1H. The number of hydrogen-bond donors (Lipinski definition) is 1. The molecule has 1 N–H and O–H groups in total. The number of carbonyl (C=O) groups is 2. The van der Waals surface area contributed by atoms with Crippen LogP contribution in [0.3, 0.4) is 0 Å². The summed E-state index contributed by atoms with van der Waals surface area (Å²) in [5, 5.41) is 5.17. The van der Waals surface area contributed by atoms with E-state index in [9.17, 15) is 9.59 Å². The minimum atomic E-state index is -0.268. The van der Waals surface area contributed by atoms with Crippen molar-refractivity contribution >= 4 is 46.1 Å². The summed E-state index contributed by atoms with van der Waals surface area (Å²) in [7, 11) is 0. The topological polar surface area (TPSA) is 58.6 Å². The molecule has 1 aliphatic heterocycles. The Labute approximate surface area is 262 Å². The Kier molecular flexibility index (Phi) is 16.9. The van der Waals surface area contributed by atoms with E-state index in [0.717, 1.165) is 31.0 Å². The molecule has 5 nitrogen and oxygen atoms in total. The predicted octanol–water partition coefficient (Wildman–Crippen LogP) is 10.2. The van der Waals surface area contributed by atoms with Crippen molar-refractivity contribution in [2.45, 2.75) is 104 Å². The monoisotopic (exact) mass is 644 g/mol. The smallest absolute Gasteiger partial charge is 0.259 e. The van der Waals surface area contributed by atoms with Crippen LogP contribution in [0.5, 0.6) is 5.75 Å². The second-order valence-electron chi connectivity index (χ2n) is 10.9. The lowest BCUT2D eigenvalue weighted by Crippen LogP contribution is -2.17. The van der Waals surface area contributed by atoms with Crippen LogP contribution in [0.2, 0.25) is 0 Å². The van der Waals surface area contributed by atoms with E-state index in [1.807, 2.05) is 36.0 Å². The zero-order valence-electron chi connectivity index (χ0n) is 25.2. The third-order valence-corrected chi connectivity index (χ3v) is 8.42. The zero-order valence-corrected chi connectivity index (χ0v) is 27.7. The van der Waals surface area contributed by atoms with Crippen molar-refractivity contribution in [1.29, 1.82) is 0 Å². The number of amides is 1. The van der Waals surface area contributed by atoms with Crippen molar-refractivity contribution in [3.8, 4) is 5.75 Å². The summed E-state index contributed by atoms with van der Waals surface area (Å²) in [6.45, 7) is 7.25. The van der Waals surface area contributed by atoms with Gasteiger partial charge in [0.1, 0.15) is 5.75 Å². The van der Waals surface area contributed by atoms with E-state index in [4.69, 9.17) is 4.74 Å². The van der Waals surface area contributed by atoms with Crippen LogP contribution in [0.1, 0.15) is 124 Å². The number of nitrogens with zero attached hydrogens (tertiary/aromatic N) is 1. The van der Waals surface area contributed by atoms with Crippen molar-refractivity contribution in [2.24, 2.45) is 0 Å². The number of rotatable bonds is 19. The van der Waals surface area contributed by atoms with Gasteiger partial charge in [-0.1, -0.05) is 95.8 Å². The van der Waals surface area contributed by atoms with Gasteiger partial charge in [-0.05, 0) is 55.5 Å². The molecule has 0 saturated heterocycles. The van der Waals surface area contributed by atoms with Crippen molar-refractivity contribution in [1.82, 2.24) is 4.90 Å². The fraction of sp³-hybridized carbons (Fsp3) is 0.529. The lowest BCUT2D eigenvalue weighted by atomic mass is 10.0. The number of thioether (sulfide) groups is 1. The molecule has 0 aliphatic carbocycles. The summed E-state index contributed by atoms with van der Waals surface area (Å²) < 4.78 is 6.09. The first-order valence-corrected chi connectivity index (χ1v) is 16.2. The molecule has 0 saturated carbocycles. The number of ether oxygens (including phenoxy) is 1. The maximum absolute atomic E-state index is 13.2. The van der Waals surface area contributed by atoms with E-state index in [2.05, 4.69) is 29.5 Å². The number of Topliss-reactive ketones (excluding diaryl/α,β-unsaturated/α-hetero) is 1. The van der Waals surface area contributed by atoms with Gasteiger partial charge in [-0.3, -0.25) is 9.59 Å². The summed E-state index contributed by atoms with van der Waals surface area (Å²) in [6, 6.07) is 13.2. The Hall–Kier alpha value is -2.25. The molecule has 0 fully saturated rings. The quantitative estimate of drug-likeness (QED) is 0.122. The Morgan fingerprint density at radius 1 is 0.854 bits per heavy atom. The highest BCUT2D eigenvalue weighted by atomic mass is 79.9. The van der Waals surface area contributed by atoms with Crippen LogP contribution in [-0.2, 0) is 6.54 Å². The highest BCUT2D eigenvalue weighted by Crippen LogP contribution is 2.28. The maximum Gasteiger partial charge on any atom is 0.259 e. The van der Waals surface area contributed by atoms with Crippen LogP contribution in [0.15, 0.2) is 53.6 Å². The van der Waals surface area contributed by atoms with Gasteiger partial charge >= 0.3 is 0 Å². The number of ketones is 1. The highest BCUT2D eigenvalue weighted by Gasteiger charge is 2.19. The second kappa shape index (κ2) is 19.8. The fourth-order valence-electron chi connectivity index (χ4n) is 4.97. The fourth-order valence-corrected chi connectivity index (χ4v) is 5.91. The van der Waals surface area contributed by atoms with Crippen molar-refractivity contribution in [3.05, 3.63) is 70.3 Å². The number of unbranched alkanes of at least 4 members (excludes halogenated alkanes) is 11. The molecule has 0 aromatic heterocycles. The van der Waals surface area contributed by atoms with Gasteiger partial charge in [0, 0.05) is 17.9 Å². The normalized spacial score (nSPS) is 12.6. The lowest BCUT2D eigenvalue weighted by Gasteiger charge is -2.19. The first-order valence-electron chi connectivity index (χ1n) is 15.2. The van der Waals surface area contributed by atoms with Gasteiger partial charge in [0.25, 0.3) is 5.91 Å².